The van der Waals surface area contributed by atoms with Gasteiger partial charge in [-0.15, -0.1) is 21.6 Å². The number of aliphatic carboxylic acids is 1. The van der Waals surface area contributed by atoms with Gasteiger partial charge in [-0.1, -0.05) is 42.1 Å². The van der Waals surface area contributed by atoms with Crippen molar-refractivity contribution in [1.29, 1.82) is 0 Å². The summed E-state index contributed by atoms with van der Waals surface area (Å²) >= 11 is 2.56. The van der Waals surface area contributed by atoms with E-state index in [-0.39, 0.29) is 11.4 Å². The Balaban J connectivity index is 1.27. The minimum atomic E-state index is -1.26. The van der Waals surface area contributed by atoms with E-state index in [2.05, 4.69) is 31.1 Å². The molecule has 218 valence electrons. The van der Waals surface area contributed by atoms with Gasteiger partial charge in [0.15, 0.2) is 6.61 Å². The zero-order valence-corrected chi connectivity index (χ0v) is 23.4. The van der Waals surface area contributed by atoms with Crippen LogP contribution in [0.25, 0.3) is 0 Å². The average molecular weight is 614 g/mol. The van der Waals surface area contributed by atoms with Gasteiger partial charge >= 0.3 is 11.5 Å². The van der Waals surface area contributed by atoms with Crippen molar-refractivity contribution in [2.24, 2.45) is 7.05 Å². The predicted molar refractivity (Wildman–Crippen MR) is 146 cm³/mol. The van der Waals surface area contributed by atoms with Crippen molar-refractivity contribution in [3.63, 3.8) is 0 Å². The van der Waals surface area contributed by atoms with Crippen molar-refractivity contribution >= 4 is 47.2 Å². The number of hydrogen-bond donors (Lipinski definition) is 3. The first-order chi connectivity index (χ1) is 20.2. The average Bonchev–Trinajstić information content (AvgIpc) is 3.41. The van der Waals surface area contributed by atoms with Crippen LogP contribution in [0.2, 0.25) is 0 Å². The monoisotopic (exact) mass is 613 g/mol. The Morgan fingerprint density at radius 3 is 2.71 bits per heavy atom. The number of carboxylic acids is 1. The van der Waals surface area contributed by atoms with Crippen LogP contribution in [0.5, 0.6) is 0 Å². The number of thioether (sulfide) groups is 2. The molecule has 3 amide bonds. The van der Waals surface area contributed by atoms with Crippen molar-refractivity contribution in [3.8, 4) is 0 Å². The molecule has 18 heteroatoms. The summed E-state index contributed by atoms with van der Waals surface area (Å²) in [6.07, 6.45) is 3.57. The second-order valence-electron chi connectivity index (χ2n) is 8.95. The third-order valence-electron chi connectivity index (χ3n) is 6.23. The molecular formula is C24H23N9O7S2. The lowest BCUT2D eigenvalue weighted by Crippen LogP contribution is -2.71. The topological polar surface area (TPSA) is 204 Å². The number of aromatic nitrogens is 6. The van der Waals surface area contributed by atoms with Gasteiger partial charge in [0.05, 0.1) is 12.4 Å². The van der Waals surface area contributed by atoms with Gasteiger partial charge in [-0.05, 0) is 21.6 Å². The summed E-state index contributed by atoms with van der Waals surface area (Å²) in [7, 11) is 1.66. The van der Waals surface area contributed by atoms with Crippen LogP contribution in [0, 0.1) is 0 Å². The second kappa shape index (κ2) is 12.4. The third kappa shape index (κ3) is 5.98. The Kier molecular flexibility index (Phi) is 8.53. The fourth-order valence-electron chi connectivity index (χ4n) is 4.25. The number of nitrogens with one attached hydrogen (secondary N) is 2. The maximum atomic E-state index is 13.4. The molecule has 3 atom stereocenters. The summed E-state index contributed by atoms with van der Waals surface area (Å²) in [4.78, 5) is 73.2. The lowest BCUT2D eigenvalue weighted by Gasteiger charge is -2.49. The van der Waals surface area contributed by atoms with Crippen molar-refractivity contribution in [3.05, 3.63) is 76.1 Å². The van der Waals surface area contributed by atoms with Crippen LogP contribution in [0.1, 0.15) is 11.6 Å². The molecule has 2 aliphatic heterocycles. The van der Waals surface area contributed by atoms with Crippen molar-refractivity contribution in [2.75, 3.05) is 18.1 Å². The number of benzene rings is 1. The van der Waals surface area contributed by atoms with Crippen molar-refractivity contribution in [2.45, 2.75) is 22.6 Å². The molecule has 1 unspecified atom stereocenters. The molecule has 1 fully saturated rings. The van der Waals surface area contributed by atoms with Gasteiger partial charge in [-0.2, -0.15) is 0 Å². The number of carbonyl (C=O) groups excluding carboxylic acids is 3. The highest BCUT2D eigenvalue weighted by Gasteiger charge is 2.54. The lowest BCUT2D eigenvalue weighted by atomic mass is 10.0. The fraction of sp³-hybridized carbons (Fsp3) is 0.292. The zero-order valence-electron chi connectivity index (χ0n) is 21.8. The van der Waals surface area contributed by atoms with Crippen LogP contribution in [0.15, 0.2) is 70.1 Å². The molecular weight excluding hydrogens is 590 g/mol. The Morgan fingerprint density at radius 1 is 1.24 bits per heavy atom. The first-order valence-electron chi connectivity index (χ1n) is 12.3. The Hall–Kier alpha value is -4.71. The molecule has 0 aliphatic carbocycles. The molecule has 1 aromatic carbocycles. The van der Waals surface area contributed by atoms with Crippen molar-refractivity contribution < 1.29 is 29.1 Å². The summed E-state index contributed by atoms with van der Waals surface area (Å²) in [5, 5.41) is 26.2. The Bertz CT molecular complexity index is 1610. The number of fused-ring (bicyclic) bond motifs is 1. The highest BCUT2D eigenvalue weighted by atomic mass is 32.2. The maximum absolute atomic E-state index is 13.4. The number of rotatable bonds is 11. The smallest absolute Gasteiger partial charge is 0.352 e. The molecule has 2 aromatic heterocycles. The summed E-state index contributed by atoms with van der Waals surface area (Å²) in [5.74, 6) is -2.65. The third-order valence-corrected chi connectivity index (χ3v) is 8.67. The zero-order chi connectivity index (χ0) is 29.8. The quantitative estimate of drug-likeness (QED) is 0.168. The van der Waals surface area contributed by atoms with Gasteiger partial charge in [0.25, 0.3) is 11.8 Å². The standard InChI is InChI=1S/C24H23N9O7S2/c1-31-24(28-29-30-31)42-12-14-11-41-22-18(21(37)33(22)19(14)23(38)39)27-20(36)17(13-5-3-2-4-6-13)26-15(34)10-40-32-8-7-25-9-16(32)35/h2-9,17-18,22H,10-12H2,1H3,(H,26,34)(H,27,36)(H,38,39)/t17-,18?,22-/m1/s1. The number of β-lactam (4-membered cyclic amide) rings is 1. The number of tetrazole rings is 1. The fourth-order valence-corrected chi connectivity index (χ4v) is 6.58. The largest absolute Gasteiger partial charge is 0.477 e. The predicted octanol–water partition coefficient (Wildman–Crippen LogP) is -1.42. The summed E-state index contributed by atoms with van der Waals surface area (Å²) in [5.41, 5.74) is 0.252. The molecule has 2 aliphatic rings. The SMILES string of the molecule is Cn1nnnc1SCC1=C(C(=O)O)N2C(=O)C(NC(=O)[C@H](NC(=O)COn3ccncc3=O)c3ccccc3)[C@H]2SC1. The van der Waals surface area contributed by atoms with E-state index in [9.17, 15) is 29.1 Å². The second-order valence-corrected chi connectivity index (χ2v) is 11.0. The number of aryl methyl sites for hydroxylation is 1. The van der Waals surface area contributed by atoms with Crippen molar-refractivity contribution in [1.82, 2.24) is 45.5 Å². The summed E-state index contributed by atoms with van der Waals surface area (Å²) < 4.78 is 2.29. The minimum absolute atomic E-state index is 0.131. The van der Waals surface area contributed by atoms with E-state index < -0.39 is 53.3 Å². The first kappa shape index (κ1) is 28.8. The molecule has 5 rings (SSSR count). The van der Waals surface area contributed by atoms with Crippen LogP contribution in [0.3, 0.4) is 0 Å². The van der Waals surface area contributed by atoms with Crippen LogP contribution >= 0.6 is 23.5 Å². The molecule has 3 aromatic rings. The van der Waals surface area contributed by atoms with E-state index in [1.54, 1.807) is 37.4 Å². The summed E-state index contributed by atoms with van der Waals surface area (Å²) in [6.45, 7) is -0.576. The van der Waals surface area contributed by atoms with E-state index >= 15 is 0 Å². The molecule has 3 N–H and O–H groups in total. The van der Waals surface area contributed by atoms with Crippen LogP contribution in [-0.2, 0) is 26.2 Å². The van der Waals surface area contributed by atoms with E-state index in [1.807, 2.05) is 0 Å². The number of amides is 3. The van der Waals surface area contributed by atoms with E-state index in [0.717, 1.165) is 10.9 Å². The normalized spacial score (nSPS) is 18.5. The summed E-state index contributed by atoms with van der Waals surface area (Å²) in [6, 6.07) is 6.15. The van der Waals surface area contributed by atoms with Crippen LogP contribution < -0.4 is 21.0 Å². The van der Waals surface area contributed by atoms with E-state index in [0.29, 0.717) is 22.0 Å². The van der Waals surface area contributed by atoms with Gasteiger partial charge < -0.3 is 20.6 Å². The number of carbonyl (C=O) groups is 4. The van der Waals surface area contributed by atoms with Crippen LogP contribution in [0.4, 0.5) is 0 Å². The van der Waals surface area contributed by atoms with E-state index in [4.69, 9.17) is 4.84 Å². The first-order valence-corrected chi connectivity index (χ1v) is 14.3. The highest BCUT2D eigenvalue weighted by Crippen LogP contribution is 2.41. The van der Waals surface area contributed by atoms with E-state index in [1.165, 1.54) is 45.5 Å². The number of carboxylic acid groups (broad SMARTS) is 1. The molecule has 42 heavy (non-hydrogen) atoms. The van der Waals surface area contributed by atoms with Gasteiger partial charge in [0, 0.05) is 24.8 Å². The molecule has 16 nitrogen and oxygen atoms in total. The van der Waals surface area contributed by atoms with Gasteiger partial charge in [0.1, 0.15) is 23.2 Å². The molecule has 0 spiro atoms. The number of hydrogen-bond acceptors (Lipinski definition) is 12. The lowest BCUT2D eigenvalue weighted by molar-refractivity contribution is -0.151. The molecule has 0 bridgehead atoms. The van der Waals surface area contributed by atoms with Crippen LogP contribution in [-0.4, -0.2) is 93.1 Å². The minimum Gasteiger partial charge on any atom is -0.477 e. The Morgan fingerprint density at radius 2 is 2.02 bits per heavy atom. The molecule has 0 radical (unpaired) electrons. The molecule has 1 saturated heterocycles. The van der Waals surface area contributed by atoms with Gasteiger partial charge in [-0.25, -0.2) is 9.48 Å². The van der Waals surface area contributed by atoms with Gasteiger partial charge in [-0.3, -0.25) is 29.1 Å². The Labute approximate surface area is 245 Å². The number of nitrogens with zero attached hydrogens (tertiary/aromatic N) is 7. The molecule has 4 heterocycles. The van der Waals surface area contributed by atoms with Gasteiger partial charge in [0.2, 0.25) is 11.1 Å². The molecule has 0 saturated carbocycles. The highest BCUT2D eigenvalue weighted by molar-refractivity contribution is 8.01. The maximum Gasteiger partial charge on any atom is 0.352 e.